The van der Waals surface area contributed by atoms with Crippen molar-refractivity contribution in [2.75, 3.05) is 5.73 Å². The topological polar surface area (TPSA) is 132 Å². The number of benzene rings is 1. The molecule has 148 valence electrons. The second-order valence-electron chi connectivity index (χ2n) is 6.71. The summed E-state index contributed by atoms with van der Waals surface area (Å²) in [5.41, 5.74) is 10.4. The largest absolute Gasteiger partial charge is 0.368 e. The fraction of sp³-hybridized carbons (Fsp3) is 0.0455. The molecule has 31 heavy (non-hydrogen) atoms. The number of fused-ring (bicyclic) bond motifs is 1. The minimum Gasteiger partial charge on any atom is -0.368 e. The predicted octanol–water partition coefficient (Wildman–Crippen LogP) is 2.69. The van der Waals surface area contributed by atoms with Crippen molar-refractivity contribution in [3.63, 3.8) is 0 Å². The molecule has 0 saturated heterocycles. The van der Waals surface area contributed by atoms with Crippen LogP contribution in [0.4, 0.5) is 5.95 Å². The maximum absolute atomic E-state index is 9.62. The van der Waals surface area contributed by atoms with E-state index >= 15 is 0 Å². The highest BCUT2D eigenvalue weighted by atomic mass is 15.4. The van der Waals surface area contributed by atoms with E-state index in [4.69, 9.17) is 10.7 Å². The van der Waals surface area contributed by atoms with Crippen LogP contribution in [0.5, 0.6) is 0 Å². The highest BCUT2D eigenvalue weighted by molar-refractivity contribution is 5.90. The number of pyridine rings is 1. The standard InChI is InChI=1S/C22H15N9/c23-12-14-5-1-2-7-16(14)20-19(17-8-10-25-13-27-17)21-28-18(30-31(21)22(24)29-20)11-15-6-3-4-9-26-15/h1-10,13H,11H2,(H2,24,29). The second-order valence-corrected chi connectivity index (χ2v) is 6.71. The van der Waals surface area contributed by atoms with Crippen molar-refractivity contribution < 1.29 is 0 Å². The summed E-state index contributed by atoms with van der Waals surface area (Å²) in [7, 11) is 0. The van der Waals surface area contributed by atoms with E-state index in [0.29, 0.717) is 46.0 Å². The molecule has 2 N–H and O–H groups in total. The van der Waals surface area contributed by atoms with Gasteiger partial charge in [0.25, 0.3) is 0 Å². The summed E-state index contributed by atoms with van der Waals surface area (Å²) in [6, 6.07) is 16.9. The quantitative estimate of drug-likeness (QED) is 0.483. The molecule has 0 unspecified atom stereocenters. The molecule has 0 atom stereocenters. The summed E-state index contributed by atoms with van der Waals surface area (Å²) in [4.78, 5) is 22.1. The van der Waals surface area contributed by atoms with E-state index in [1.165, 1.54) is 10.8 Å². The highest BCUT2D eigenvalue weighted by Crippen LogP contribution is 2.35. The van der Waals surface area contributed by atoms with Gasteiger partial charge in [0.2, 0.25) is 5.95 Å². The zero-order valence-corrected chi connectivity index (χ0v) is 16.2. The van der Waals surface area contributed by atoms with Gasteiger partial charge in [0.05, 0.1) is 35.0 Å². The lowest BCUT2D eigenvalue weighted by Gasteiger charge is -2.12. The minimum atomic E-state index is 0.162. The number of rotatable bonds is 4. The van der Waals surface area contributed by atoms with E-state index in [2.05, 4.69) is 31.1 Å². The zero-order valence-electron chi connectivity index (χ0n) is 16.2. The van der Waals surface area contributed by atoms with Crippen molar-refractivity contribution in [3.8, 4) is 28.6 Å². The van der Waals surface area contributed by atoms with E-state index in [1.54, 1.807) is 30.6 Å². The third kappa shape index (κ3) is 3.32. The maximum Gasteiger partial charge on any atom is 0.223 e. The first-order valence-corrected chi connectivity index (χ1v) is 9.45. The summed E-state index contributed by atoms with van der Waals surface area (Å²) in [6.07, 6.45) is 5.26. The van der Waals surface area contributed by atoms with Gasteiger partial charge in [0.1, 0.15) is 6.33 Å². The fourth-order valence-corrected chi connectivity index (χ4v) is 3.40. The molecule has 4 aromatic heterocycles. The van der Waals surface area contributed by atoms with Gasteiger partial charge in [-0.25, -0.2) is 19.9 Å². The second kappa shape index (κ2) is 7.61. The Kier molecular flexibility index (Phi) is 4.50. The van der Waals surface area contributed by atoms with Crippen molar-refractivity contribution in [1.82, 2.24) is 34.5 Å². The molecule has 0 amide bonds. The summed E-state index contributed by atoms with van der Waals surface area (Å²) >= 11 is 0. The molecule has 0 aliphatic heterocycles. The molecule has 0 aliphatic carbocycles. The molecule has 9 heteroatoms. The molecule has 0 spiro atoms. The third-order valence-corrected chi connectivity index (χ3v) is 4.76. The third-order valence-electron chi connectivity index (χ3n) is 4.76. The van der Waals surface area contributed by atoms with Gasteiger partial charge in [-0.05, 0) is 24.3 Å². The van der Waals surface area contributed by atoms with Crippen LogP contribution in [0, 0.1) is 11.3 Å². The Morgan fingerprint density at radius 3 is 2.61 bits per heavy atom. The van der Waals surface area contributed by atoms with Gasteiger partial charge in [0, 0.05) is 23.7 Å². The Morgan fingerprint density at radius 2 is 1.84 bits per heavy atom. The Hall–Kier alpha value is -4.71. The normalized spacial score (nSPS) is 10.8. The number of nitrogen functional groups attached to an aromatic ring is 1. The van der Waals surface area contributed by atoms with Crippen LogP contribution in [0.15, 0.2) is 67.3 Å². The Morgan fingerprint density at radius 1 is 0.968 bits per heavy atom. The van der Waals surface area contributed by atoms with Crippen LogP contribution in [-0.2, 0) is 6.42 Å². The Balaban J connectivity index is 1.79. The molecule has 0 aliphatic rings. The van der Waals surface area contributed by atoms with Crippen molar-refractivity contribution in [2.45, 2.75) is 6.42 Å². The molecule has 0 radical (unpaired) electrons. The molecular formula is C22H15N9. The van der Waals surface area contributed by atoms with Crippen LogP contribution in [0.25, 0.3) is 28.2 Å². The summed E-state index contributed by atoms with van der Waals surface area (Å²) < 4.78 is 1.49. The molecule has 5 aromatic rings. The van der Waals surface area contributed by atoms with Gasteiger partial charge < -0.3 is 5.73 Å². The van der Waals surface area contributed by atoms with Gasteiger partial charge in [-0.15, -0.1) is 5.10 Å². The number of aromatic nitrogens is 7. The van der Waals surface area contributed by atoms with E-state index < -0.39 is 0 Å². The van der Waals surface area contributed by atoms with Crippen LogP contribution in [-0.4, -0.2) is 34.5 Å². The van der Waals surface area contributed by atoms with Gasteiger partial charge in [-0.2, -0.15) is 9.78 Å². The molecular weight excluding hydrogens is 390 g/mol. The lowest BCUT2D eigenvalue weighted by atomic mass is 9.99. The van der Waals surface area contributed by atoms with Crippen molar-refractivity contribution >= 4 is 11.6 Å². The smallest absolute Gasteiger partial charge is 0.223 e. The average Bonchev–Trinajstić information content (AvgIpc) is 3.24. The summed E-state index contributed by atoms with van der Waals surface area (Å²) in [5.74, 6) is 0.712. The molecule has 0 bridgehead atoms. The molecule has 4 heterocycles. The molecule has 1 aromatic carbocycles. The van der Waals surface area contributed by atoms with Gasteiger partial charge in [0.15, 0.2) is 11.5 Å². The molecule has 0 fully saturated rings. The van der Waals surface area contributed by atoms with Gasteiger partial charge in [-0.3, -0.25) is 4.98 Å². The van der Waals surface area contributed by atoms with Gasteiger partial charge >= 0.3 is 0 Å². The highest BCUT2D eigenvalue weighted by Gasteiger charge is 2.22. The number of nitrogens with two attached hydrogens (primary N) is 1. The summed E-state index contributed by atoms with van der Waals surface area (Å²) in [6.45, 7) is 0. The Labute approximate surface area is 176 Å². The van der Waals surface area contributed by atoms with Crippen LogP contribution in [0.2, 0.25) is 0 Å². The first-order valence-electron chi connectivity index (χ1n) is 9.45. The fourth-order valence-electron chi connectivity index (χ4n) is 3.40. The van der Waals surface area contributed by atoms with Crippen LogP contribution < -0.4 is 5.73 Å². The lowest BCUT2D eigenvalue weighted by Crippen LogP contribution is -2.07. The Bertz CT molecular complexity index is 1420. The van der Waals surface area contributed by atoms with Crippen LogP contribution in [0.1, 0.15) is 17.1 Å². The monoisotopic (exact) mass is 405 g/mol. The van der Waals surface area contributed by atoms with E-state index in [9.17, 15) is 5.26 Å². The lowest BCUT2D eigenvalue weighted by molar-refractivity contribution is 0.879. The van der Waals surface area contributed by atoms with Crippen LogP contribution >= 0.6 is 0 Å². The maximum atomic E-state index is 9.62. The van der Waals surface area contributed by atoms with E-state index in [0.717, 1.165) is 5.69 Å². The SMILES string of the molecule is N#Cc1ccccc1-c1nc(N)n2nc(Cc3ccccn3)nc2c1-c1ccncn1. The van der Waals surface area contributed by atoms with E-state index in [1.807, 2.05) is 30.3 Å². The van der Waals surface area contributed by atoms with Crippen molar-refractivity contribution in [1.29, 1.82) is 5.26 Å². The minimum absolute atomic E-state index is 0.162. The zero-order chi connectivity index (χ0) is 21.2. The number of nitriles is 1. The molecule has 0 saturated carbocycles. The van der Waals surface area contributed by atoms with Crippen molar-refractivity contribution in [2.24, 2.45) is 0 Å². The number of hydrogen-bond acceptors (Lipinski definition) is 8. The molecule has 9 nitrogen and oxygen atoms in total. The molecule has 5 rings (SSSR count). The predicted molar refractivity (Wildman–Crippen MR) is 113 cm³/mol. The number of nitrogens with zero attached hydrogens (tertiary/aromatic N) is 8. The first kappa shape index (κ1) is 18.3. The number of anilines is 1. The summed E-state index contributed by atoms with van der Waals surface area (Å²) in [5, 5.41) is 14.2. The first-order chi connectivity index (χ1) is 15.2. The average molecular weight is 405 g/mol. The van der Waals surface area contributed by atoms with Gasteiger partial charge in [-0.1, -0.05) is 24.3 Å². The van der Waals surface area contributed by atoms with E-state index in [-0.39, 0.29) is 5.95 Å². The van der Waals surface area contributed by atoms with Crippen LogP contribution in [0.3, 0.4) is 0 Å². The number of hydrogen-bond donors (Lipinski definition) is 1. The van der Waals surface area contributed by atoms with Crippen molar-refractivity contribution in [3.05, 3.63) is 84.3 Å².